The number of hydrogen-bond acceptors (Lipinski definition) is 1. The van der Waals surface area contributed by atoms with E-state index in [1.165, 1.54) is 0 Å². The van der Waals surface area contributed by atoms with Gasteiger partial charge in [-0.1, -0.05) is 0 Å². The molecule has 5 heteroatoms. The minimum absolute atomic E-state index is 2.57. The molecule has 0 aromatic rings. The highest BCUT2D eigenvalue weighted by Crippen LogP contribution is 2.08. The zero-order valence-corrected chi connectivity index (χ0v) is 3.82. The van der Waals surface area contributed by atoms with Crippen molar-refractivity contribution in [3.63, 3.8) is 0 Å². The molecule has 0 aromatic heterocycles. The van der Waals surface area contributed by atoms with E-state index in [1.54, 1.807) is 0 Å². The van der Waals surface area contributed by atoms with Gasteiger partial charge in [0.15, 0.2) is 6.30 Å². The average molecular weight is 131 g/mol. The minimum Gasteiger partial charge on any atom is -0.299 e. The lowest BCUT2D eigenvalue weighted by molar-refractivity contribution is 0.00565. The number of nitrogens with two attached hydrogens (primary N) is 1. The van der Waals surface area contributed by atoms with Crippen molar-refractivity contribution in [3.8, 4) is 0 Å². The van der Waals surface area contributed by atoms with Crippen LogP contribution in [0, 0.1) is 0 Å². The Kier molecular flexibility index (Phi) is 2.75. The third-order valence-corrected chi connectivity index (χ3v) is 0.545. The molecule has 0 amide bonds. The number of halogens is 4. The molecule has 0 radical (unpaired) electrons. The quantitative estimate of drug-likeness (QED) is 0.436. The van der Waals surface area contributed by atoms with Crippen LogP contribution < -0.4 is 5.73 Å². The molecule has 2 unspecified atom stereocenters. The van der Waals surface area contributed by atoms with E-state index >= 15 is 0 Å². The van der Waals surface area contributed by atoms with Crippen molar-refractivity contribution in [2.75, 3.05) is 0 Å². The summed E-state index contributed by atoms with van der Waals surface area (Å²) in [6, 6.07) is 0. The summed E-state index contributed by atoms with van der Waals surface area (Å²) in [6.45, 7) is 0. The molecule has 0 fully saturated rings. The predicted octanol–water partition coefficient (Wildman–Crippen LogP) is 0.844. The first-order chi connectivity index (χ1) is 3.55. The Balaban J connectivity index is 3.46. The lowest BCUT2D eigenvalue weighted by atomic mass is 10.4. The second kappa shape index (κ2) is 2.86. The Morgan fingerprint density at radius 3 is 1.38 bits per heavy atom. The van der Waals surface area contributed by atoms with E-state index in [9.17, 15) is 17.6 Å². The smallest absolute Gasteiger partial charge is 0.273 e. The van der Waals surface area contributed by atoms with Crippen molar-refractivity contribution in [1.82, 2.24) is 0 Å². The van der Waals surface area contributed by atoms with Crippen molar-refractivity contribution in [1.29, 1.82) is 0 Å². The highest BCUT2D eigenvalue weighted by Gasteiger charge is 2.25. The van der Waals surface area contributed by atoms with E-state index in [0.717, 1.165) is 0 Å². The van der Waals surface area contributed by atoms with Crippen molar-refractivity contribution < 1.29 is 17.6 Å². The van der Waals surface area contributed by atoms with Crippen molar-refractivity contribution in [2.45, 2.75) is 18.9 Å². The molecule has 0 heterocycles. The summed E-state index contributed by atoms with van der Waals surface area (Å²) in [5.74, 6) is 0. The third kappa shape index (κ3) is 2.11. The van der Waals surface area contributed by atoms with E-state index in [-0.39, 0.29) is 0 Å². The van der Waals surface area contributed by atoms with Crippen LogP contribution in [0.15, 0.2) is 0 Å². The topological polar surface area (TPSA) is 26.0 Å². The van der Waals surface area contributed by atoms with Crippen LogP contribution in [0.4, 0.5) is 17.6 Å². The maximum atomic E-state index is 11.4. The monoisotopic (exact) mass is 131 g/mol. The van der Waals surface area contributed by atoms with Crippen LogP contribution in [0.5, 0.6) is 0 Å². The molecule has 0 spiro atoms. The molecular formula is C3H5F4N. The first-order valence-electron chi connectivity index (χ1n) is 1.87. The zero-order valence-electron chi connectivity index (χ0n) is 3.82. The molecule has 8 heavy (non-hydrogen) atoms. The molecule has 0 rings (SSSR count). The lowest BCUT2D eigenvalue weighted by Gasteiger charge is -2.05. The number of alkyl halides is 4. The molecular weight excluding hydrogens is 126 g/mol. The Hall–Kier alpha value is -0.320. The van der Waals surface area contributed by atoms with E-state index in [2.05, 4.69) is 5.73 Å². The van der Waals surface area contributed by atoms with Gasteiger partial charge in [0.25, 0.3) is 6.43 Å². The molecule has 50 valence electrons. The summed E-state index contributed by atoms with van der Waals surface area (Å²) in [5.41, 5.74) is 4.12. The van der Waals surface area contributed by atoms with Crippen LogP contribution in [0.3, 0.4) is 0 Å². The largest absolute Gasteiger partial charge is 0.299 e. The highest BCUT2D eigenvalue weighted by molar-refractivity contribution is 4.62. The Morgan fingerprint density at radius 2 is 1.38 bits per heavy atom. The van der Waals surface area contributed by atoms with Gasteiger partial charge in [-0.2, -0.15) is 0 Å². The van der Waals surface area contributed by atoms with Gasteiger partial charge in [-0.15, -0.1) is 0 Å². The summed E-state index contributed by atoms with van der Waals surface area (Å²) in [5, 5.41) is 0. The van der Waals surface area contributed by atoms with Gasteiger partial charge in [0, 0.05) is 0 Å². The van der Waals surface area contributed by atoms with Gasteiger partial charge >= 0.3 is 0 Å². The molecule has 0 aromatic carbocycles. The van der Waals surface area contributed by atoms with Gasteiger partial charge in [-0.05, 0) is 0 Å². The predicted molar refractivity (Wildman–Crippen MR) is 20.0 cm³/mol. The zero-order chi connectivity index (χ0) is 6.73. The molecule has 0 saturated carbocycles. The van der Waals surface area contributed by atoms with Crippen molar-refractivity contribution in [3.05, 3.63) is 0 Å². The SMILES string of the molecule is NC(F)C(F)C(F)F. The summed E-state index contributed by atoms with van der Waals surface area (Å²) < 4.78 is 44.6. The second-order valence-electron chi connectivity index (χ2n) is 1.22. The summed E-state index contributed by atoms with van der Waals surface area (Å²) in [6.07, 6.45) is -8.75. The molecule has 0 aliphatic heterocycles. The van der Waals surface area contributed by atoms with Crippen molar-refractivity contribution >= 4 is 0 Å². The Morgan fingerprint density at radius 1 is 1.00 bits per heavy atom. The molecule has 0 aliphatic carbocycles. The maximum Gasteiger partial charge on any atom is 0.273 e. The molecule has 1 nitrogen and oxygen atoms in total. The Bertz CT molecular complexity index is 56.3. The summed E-state index contributed by atoms with van der Waals surface area (Å²) in [7, 11) is 0. The molecule has 0 bridgehead atoms. The normalized spacial score (nSPS) is 18.8. The standard InChI is InChI=1S/C3H5F4N/c4-1(2(5)6)3(7)8/h1-3H,8H2. The van der Waals surface area contributed by atoms with Gasteiger partial charge in [-0.3, -0.25) is 5.73 Å². The van der Waals surface area contributed by atoms with Gasteiger partial charge in [0.1, 0.15) is 0 Å². The van der Waals surface area contributed by atoms with Crippen LogP contribution in [0.25, 0.3) is 0 Å². The van der Waals surface area contributed by atoms with Gasteiger partial charge in [0.2, 0.25) is 6.17 Å². The van der Waals surface area contributed by atoms with Crippen LogP contribution in [0.2, 0.25) is 0 Å². The first kappa shape index (κ1) is 7.68. The lowest BCUT2D eigenvalue weighted by Crippen LogP contribution is -2.32. The fraction of sp³-hybridized carbons (Fsp3) is 1.00. The second-order valence-corrected chi connectivity index (χ2v) is 1.22. The Labute approximate surface area is 43.5 Å². The number of hydrogen-bond donors (Lipinski definition) is 1. The highest BCUT2D eigenvalue weighted by atomic mass is 19.3. The molecule has 0 saturated heterocycles. The maximum absolute atomic E-state index is 11.4. The van der Waals surface area contributed by atoms with E-state index in [4.69, 9.17) is 0 Å². The fourth-order valence-electron chi connectivity index (χ4n) is 0.139. The average Bonchev–Trinajstić information content (AvgIpc) is 1.64. The van der Waals surface area contributed by atoms with Crippen LogP contribution in [-0.4, -0.2) is 18.9 Å². The van der Waals surface area contributed by atoms with Crippen molar-refractivity contribution in [2.24, 2.45) is 5.73 Å². The summed E-state index contributed by atoms with van der Waals surface area (Å²) in [4.78, 5) is 0. The fourth-order valence-corrected chi connectivity index (χ4v) is 0.139. The number of rotatable bonds is 2. The van der Waals surface area contributed by atoms with E-state index in [1.807, 2.05) is 0 Å². The first-order valence-corrected chi connectivity index (χ1v) is 1.87. The summed E-state index contributed by atoms with van der Waals surface area (Å²) >= 11 is 0. The van der Waals surface area contributed by atoms with Crippen LogP contribution in [0.1, 0.15) is 0 Å². The van der Waals surface area contributed by atoms with Gasteiger partial charge in [0.05, 0.1) is 0 Å². The third-order valence-electron chi connectivity index (χ3n) is 0.545. The molecule has 2 N–H and O–H groups in total. The van der Waals surface area contributed by atoms with Gasteiger partial charge < -0.3 is 0 Å². The molecule has 0 aliphatic rings. The van der Waals surface area contributed by atoms with E-state index < -0.39 is 18.9 Å². The van der Waals surface area contributed by atoms with Crippen LogP contribution >= 0.6 is 0 Å². The van der Waals surface area contributed by atoms with Crippen LogP contribution in [-0.2, 0) is 0 Å². The van der Waals surface area contributed by atoms with Gasteiger partial charge in [-0.25, -0.2) is 17.6 Å². The van der Waals surface area contributed by atoms with E-state index in [0.29, 0.717) is 0 Å². The molecule has 2 atom stereocenters. The minimum atomic E-state index is -3.32.